The lowest BCUT2D eigenvalue weighted by Crippen LogP contribution is -2.33. The van der Waals surface area contributed by atoms with E-state index in [2.05, 4.69) is 45.1 Å². The van der Waals surface area contributed by atoms with E-state index in [0.29, 0.717) is 5.11 Å². The fourth-order valence-electron chi connectivity index (χ4n) is 2.77. The Balaban J connectivity index is 1.54. The standard InChI is InChI=1S/C22H22N4S/c1-17-20(19-10-6-3-7-11-19)13-15-23-21(17)16-25-26-22(27)24-14-12-18-8-4-2-5-9-18/h2-11,13,15-16H,12,14H2,1H3,(H2,24,26,27)/b25-16-. The lowest BCUT2D eigenvalue weighted by Gasteiger charge is -2.09. The first-order chi connectivity index (χ1) is 13.2. The average Bonchev–Trinajstić information content (AvgIpc) is 2.71. The van der Waals surface area contributed by atoms with Gasteiger partial charge in [-0.15, -0.1) is 0 Å². The summed E-state index contributed by atoms with van der Waals surface area (Å²) in [7, 11) is 0. The first-order valence-corrected chi connectivity index (χ1v) is 9.27. The Labute approximate surface area is 165 Å². The normalized spacial score (nSPS) is 10.7. The Kier molecular flexibility index (Phi) is 6.66. The molecule has 0 atom stereocenters. The molecule has 0 aliphatic rings. The Morgan fingerprint density at radius 1 is 1.04 bits per heavy atom. The van der Waals surface area contributed by atoms with Crippen molar-refractivity contribution in [1.29, 1.82) is 0 Å². The number of hydrazone groups is 1. The van der Waals surface area contributed by atoms with Gasteiger partial charge < -0.3 is 5.32 Å². The minimum atomic E-state index is 0.499. The van der Waals surface area contributed by atoms with Crippen LogP contribution in [0.2, 0.25) is 0 Å². The lowest BCUT2D eigenvalue weighted by atomic mass is 10.0. The summed E-state index contributed by atoms with van der Waals surface area (Å²) < 4.78 is 0. The summed E-state index contributed by atoms with van der Waals surface area (Å²) in [5.41, 5.74) is 8.34. The molecule has 0 spiro atoms. The highest BCUT2D eigenvalue weighted by Gasteiger charge is 2.05. The molecule has 0 radical (unpaired) electrons. The van der Waals surface area contributed by atoms with Crippen molar-refractivity contribution in [3.8, 4) is 11.1 Å². The van der Waals surface area contributed by atoms with Gasteiger partial charge in [-0.05, 0) is 53.9 Å². The van der Waals surface area contributed by atoms with Crippen molar-refractivity contribution in [3.05, 3.63) is 89.7 Å². The number of nitrogens with zero attached hydrogens (tertiary/aromatic N) is 2. The molecule has 0 saturated carbocycles. The number of thiocarbonyl (C=S) groups is 1. The van der Waals surface area contributed by atoms with Gasteiger partial charge in [0.15, 0.2) is 5.11 Å². The molecular weight excluding hydrogens is 352 g/mol. The van der Waals surface area contributed by atoms with E-state index in [1.54, 1.807) is 12.4 Å². The summed E-state index contributed by atoms with van der Waals surface area (Å²) >= 11 is 5.26. The average molecular weight is 375 g/mol. The quantitative estimate of drug-likeness (QED) is 0.387. The number of benzene rings is 2. The zero-order chi connectivity index (χ0) is 18.9. The van der Waals surface area contributed by atoms with Crippen LogP contribution in [0.1, 0.15) is 16.8 Å². The van der Waals surface area contributed by atoms with Gasteiger partial charge in [0.1, 0.15) is 0 Å². The van der Waals surface area contributed by atoms with E-state index >= 15 is 0 Å². The predicted molar refractivity (Wildman–Crippen MR) is 116 cm³/mol. The summed E-state index contributed by atoms with van der Waals surface area (Å²) in [6.07, 6.45) is 4.41. The maximum atomic E-state index is 5.26. The molecule has 3 rings (SSSR count). The lowest BCUT2D eigenvalue weighted by molar-refractivity contribution is 0.837. The van der Waals surface area contributed by atoms with Gasteiger partial charge in [-0.3, -0.25) is 10.4 Å². The largest absolute Gasteiger partial charge is 0.361 e. The van der Waals surface area contributed by atoms with Gasteiger partial charge in [0.25, 0.3) is 0 Å². The SMILES string of the molecule is Cc1c(-c2ccccc2)ccnc1/C=N\NC(=S)NCCc1ccccc1. The highest BCUT2D eigenvalue weighted by molar-refractivity contribution is 7.80. The maximum absolute atomic E-state index is 5.26. The fourth-order valence-corrected chi connectivity index (χ4v) is 2.92. The van der Waals surface area contributed by atoms with Gasteiger partial charge in [-0.2, -0.15) is 5.10 Å². The molecule has 0 saturated heterocycles. The van der Waals surface area contributed by atoms with Gasteiger partial charge in [-0.25, -0.2) is 0 Å². The molecule has 4 nitrogen and oxygen atoms in total. The van der Waals surface area contributed by atoms with Crippen LogP contribution >= 0.6 is 12.2 Å². The molecule has 0 aliphatic heterocycles. The van der Waals surface area contributed by atoms with Crippen LogP contribution in [0.5, 0.6) is 0 Å². The van der Waals surface area contributed by atoms with Gasteiger partial charge in [0.2, 0.25) is 0 Å². The van der Waals surface area contributed by atoms with Crippen LogP contribution in [0.3, 0.4) is 0 Å². The summed E-state index contributed by atoms with van der Waals surface area (Å²) in [5, 5.41) is 7.88. The highest BCUT2D eigenvalue weighted by atomic mass is 32.1. The zero-order valence-corrected chi connectivity index (χ0v) is 16.0. The second kappa shape index (κ2) is 9.59. The van der Waals surface area contributed by atoms with Crippen molar-refractivity contribution in [2.75, 3.05) is 6.54 Å². The second-order valence-electron chi connectivity index (χ2n) is 6.10. The molecule has 27 heavy (non-hydrogen) atoms. The monoisotopic (exact) mass is 374 g/mol. The number of aromatic nitrogens is 1. The van der Waals surface area contributed by atoms with Gasteiger partial charge in [0.05, 0.1) is 11.9 Å². The van der Waals surface area contributed by atoms with Crippen molar-refractivity contribution in [2.45, 2.75) is 13.3 Å². The molecular formula is C22H22N4S. The molecule has 1 heterocycles. The van der Waals surface area contributed by atoms with Crippen molar-refractivity contribution in [2.24, 2.45) is 5.10 Å². The van der Waals surface area contributed by atoms with Crippen LogP contribution in [-0.4, -0.2) is 22.9 Å². The minimum Gasteiger partial charge on any atom is -0.361 e. The fraction of sp³-hybridized carbons (Fsp3) is 0.136. The van der Waals surface area contributed by atoms with E-state index < -0.39 is 0 Å². The third kappa shape index (κ3) is 5.46. The molecule has 2 aromatic carbocycles. The maximum Gasteiger partial charge on any atom is 0.186 e. The zero-order valence-electron chi connectivity index (χ0n) is 15.2. The van der Waals surface area contributed by atoms with E-state index in [4.69, 9.17) is 12.2 Å². The molecule has 0 bridgehead atoms. The third-order valence-corrected chi connectivity index (χ3v) is 4.46. The first kappa shape index (κ1) is 18.7. The number of hydrogen-bond acceptors (Lipinski definition) is 3. The van der Waals surface area contributed by atoms with Crippen LogP contribution in [0, 0.1) is 6.92 Å². The molecule has 2 N–H and O–H groups in total. The van der Waals surface area contributed by atoms with Crippen molar-refractivity contribution in [1.82, 2.24) is 15.7 Å². The molecule has 1 aromatic heterocycles. The first-order valence-electron chi connectivity index (χ1n) is 8.86. The molecule has 0 aliphatic carbocycles. The molecule has 5 heteroatoms. The van der Waals surface area contributed by atoms with E-state index in [1.165, 1.54) is 5.56 Å². The summed E-state index contributed by atoms with van der Waals surface area (Å²) in [6.45, 7) is 2.80. The van der Waals surface area contributed by atoms with Crippen LogP contribution in [0.4, 0.5) is 0 Å². The van der Waals surface area contributed by atoms with Gasteiger partial charge in [-0.1, -0.05) is 60.7 Å². The summed E-state index contributed by atoms with van der Waals surface area (Å²) in [4.78, 5) is 4.41. The van der Waals surface area contributed by atoms with Crippen LogP contribution < -0.4 is 10.7 Å². The predicted octanol–water partition coefficient (Wildman–Crippen LogP) is 4.10. The highest BCUT2D eigenvalue weighted by Crippen LogP contribution is 2.23. The smallest absolute Gasteiger partial charge is 0.186 e. The summed E-state index contributed by atoms with van der Waals surface area (Å²) in [5.74, 6) is 0. The number of hydrogen-bond donors (Lipinski definition) is 2. The second-order valence-corrected chi connectivity index (χ2v) is 6.50. The van der Waals surface area contributed by atoms with Crippen LogP contribution in [0.15, 0.2) is 78.0 Å². The third-order valence-electron chi connectivity index (χ3n) is 4.22. The van der Waals surface area contributed by atoms with Crippen molar-refractivity contribution >= 4 is 23.5 Å². The van der Waals surface area contributed by atoms with Gasteiger partial charge in [0, 0.05) is 12.7 Å². The van der Waals surface area contributed by atoms with Crippen LogP contribution in [-0.2, 0) is 6.42 Å². The van der Waals surface area contributed by atoms with Crippen molar-refractivity contribution < 1.29 is 0 Å². The molecule has 0 fully saturated rings. The molecule has 3 aromatic rings. The van der Waals surface area contributed by atoms with E-state index in [-0.39, 0.29) is 0 Å². The van der Waals surface area contributed by atoms with Crippen molar-refractivity contribution in [3.63, 3.8) is 0 Å². The van der Waals surface area contributed by atoms with Gasteiger partial charge >= 0.3 is 0 Å². The Morgan fingerprint density at radius 3 is 2.48 bits per heavy atom. The Bertz CT molecular complexity index is 908. The van der Waals surface area contributed by atoms with E-state index in [0.717, 1.165) is 35.3 Å². The van der Waals surface area contributed by atoms with E-state index in [9.17, 15) is 0 Å². The number of nitrogens with one attached hydrogen (secondary N) is 2. The summed E-state index contributed by atoms with van der Waals surface area (Å²) in [6, 6.07) is 22.6. The Morgan fingerprint density at radius 2 is 1.74 bits per heavy atom. The topological polar surface area (TPSA) is 49.3 Å². The van der Waals surface area contributed by atoms with Crippen LogP contribution in [0.25, 0.3) is 11.1 Å². The molecule has 0 unspecified atom stereocenters. The molecule has 0 amide bonds. The number of rotatable bonds is 6. The number of pyridine rings is 1. The minimum absolute atomic E-state index is 0.499. The molecule has 136 valence electrons. The Hall–Kier alpha value is -3.05. The van der Waals surface area contributed by atoms with E-state index in [1.807, 2.05) is 49.4 Å².